The molecule has 0 fully saturated rings. The summed E-state index contributed by atoms with van der Waals surface area (Å²) in [7, 11) is 0. The molecule has 4 nitrogen and oxygen atoms in total. The highest BCUT2D eigenvalue weighted by molar-refractivity contribution is 5.75. The summed E-state index contributed by atoms with van der Waals surface area (Å²) in [6.45, 7) is 1.56. The molecule has 0 saturated heterocycles. The predicted octanol–water partition coefficient (Wildman–Crippen LogP) is 1.56. The van der Waals surface area contributed by atoms with Crippen molar-refractivity contribution in [3.05, 3.63) is 22.9 Å². The standard InChI is InChI=1S/C9H9F3N2O2/c1-5-6(3-13)2-8(14-7(5)4-15)16-9(10,11)12/h2,4H,3,13H2,1H3. The SMILES string of the molecule is Cc1c(CN)cc(OC(F)(F)F)nc1C=O. The van der Waals surface area contributed by atoms with Crippen LogP contribution in [0.2, 0.25) is 0 Å². The fourth-order valence-corrected chi connectivity index (χ4v) is 1.15. The van der Waals surface area contributed by atoms with Gasteiger partial charge in [-0.05, 0) is 18.1 Å². The fourth-order valence-electron chi connectivity index (χ4n) is 1.15. The van der Waals surface area contributed by atoms with Crippen LogP contribution in [0.25, 0.3) is 0 Å². The zero-order chi connectivity index (χ0) is 12.3. The highest BCUT2D eigenvalue weighted by Gasteiger charge is 2.32. The molecule has 1 heterocycles. The van der Waals surface area contributed by atoms with Crippen molar-refractivity contribution in [1.82, 2.24) is 4.98 Å². The number of hydrogen-bond donors (Lipinski definition) is 1. The summed E-state index contributed by atoms with van der Waals surface area (Å²) in [5.74, 6) is -0.680. The van der Waals surface area contributed by atoms with Crippen LogP contribution in [0.15, 0.2) is 6.07 Å². The highest BCUT2D eigenvalue weighted by Crippen LogP contribution is 2.23. The Hall–Kier alpha value is -1.63. The quantitative estimate of drug-likeness (QED) is 0.806. The Bertz CT molecular complexity index is 404. The first-order valence-electron chi connectivity index (χ1n) is 4.29. The van der Waals surface area contributed by atoms with Crippen LogP contribution in [0.3, 0.4) is 0 Å². The second kappa shape index (κ2) is 4.48. The number of nitrogens with two attached hydrogens (primary N) is 1. The van der Waals surface area contributed by atoms with Gasteiger partial charge in [-0.15, -0.1) is 13.2 Å². The first kappa shape index (κ1) is 12.4. The maximum absolute atomic E-state index is 11.9. The largest absolute Gasteiger partial charge is 0.574 e. The van der Waals surface area contributed by atoms with Gasteiger partial charge in [0.15, 0.2) is 6.29 Å². The summed E-state index contributed by atoms with van der Waals surface area (Å²) >= 11 is 0. The number of alkyl halides is 3. The lowest BCUT2D eigenvalue weighted by Gasteiger charge is -2.11. The molecule has 0 amide bonds. The van der Waals surface area contributed by atoms with E-state index in [1.807, 2.05) is 0 Å². The molecule has 0 radical (unpaired) electrons. The van der Waals surface area contributed by atoms with Gasteiger partial charge < -0.3 is 10.5 Å². The maximum Gasteiger partial charge on any atom is 0.574 e. The summed E-state index contributed by atoms with van der Waals surface area (Å²) in [6.07, 6.45) is -4.48. The summed E-state index contributed by atoms with van der Waals surface area (Å²) in [4.78, 5) is 14.0. The molecule has 0 unspecified atom stereocenters. The molecule has 1 aromatic heterocycles. The van der Waals surface area contributed by atoms with Gasteiger partial charge in [0.2, 0.25) is 5.88 Å². The van der Waals surface area contributed by atoms with Crippen molar-refractivity contribution < 1.29 is 22.7 Å². The van der Waals surface area contributed by atoms with Gasteiger partial charge in [-0.3, -0.25) is 4.79 Å². The van der Waals surface area contributed by atoms with E-state index in [2.05, 4.69) is 9.72 Å². The van der Waals surface area contributed by atoms with Gasteiger partial charge in [-0.2, -0.15) is 0 Å². The van der Waals surface area contributed by atoms with E-state index in [1.54, 1.807) is 6.92 Å². The molecular weight excluding hydrogens is 225 g/mol. The maximum atomic E-state index is 11.9. The Kier molecular flexibility index (Phi) is 3.48. The van der Waals surface area contributed by atoms with Crippen molar-refractivity contribution >= 4 is 6.29 Å². The molecule has 16 heavy (non-hydrogen) atoms. The van der Waals surface area contributed by atoms with Crippen LogP contribution < -0.4 is 10.5 Å². The van der Waals surface area contributed by atoms with Crippen LogP contribution in [0.1, 0.15) is 21.6 Å². The molecule has 0 aromatic carbocycles. The second-order valence-corrected chi connectivity index (χ2v) is 3.00. The normalized spacial score (nSPS) is 11.3. The Morgan fingerprint density at radius 2 is 2.19 bits per heavy atom. The van der Waals surface area contributed by atoms with Crippen LogP contribution in [0.5, 0.6) is 5.88 Å². The minimum absolute atomic E-state index is 0.00338. The Balaban J connectivity index is 3.17. The molecule has 7 heteroatoms. The zero-order valence-corrected chi connectivity index (χ0v) is 8.34. The average molecular weight is 234 g/mol. The molecule has 0 aliphatic heterocycles. The number of aldehydes is 1. The van der Waals surface area contributed by atoms with Crippen molar-refractivity contribution in [2.45, 2.75) is 19.8 Å². The van der Waals surface area contributed by atoms with Crippen molar-refractivity contribution in [1.29, 1.82) is 0 Å². The van der Waals surface area contributed by atoms with Crippen molar-refractivity contribution in [3.63, 3.8) is 0 Å². The number of nitrogens with zero attached hydrogens (tertiary/aromatic N) is 1. The van der Waals surface area contributed by atoms with Crippen LogP contribution in [-0.2, 0) is 6.54 Å². The molecule has 0 bridgehead atoms. The third kappa shape index (κ3) is 2.93. The zero-order valence-electron chi connectivity index (χ0n) is 8.34. The molecule has 88 valence electrons. The van der Waals surface area contributed by atoms with E-state index in [-0.39, 0.29) is 12.2 Å². The van der Waals surface area contributed by atoms with E-state index in [0.717, 1.165) is 6.07 Å². The van der Waals surface area contributed by atoms with E-state index < -0.39 is 12.2 Å². The molecule has 0 aliphatic rings. The lowest BCUT2D eigenvalue weighted by atomic mass is 10.1. The van der Waals surface area contributed by atoms with E-state index in [4.69, 9.17) is 5.73 Å². The molecule has 0 spiro atoms. The van der Waals surface area contributed by atoms with Crippen LogP contribution in [0.4, 0.5) is 13.2 Å². The summed E-state index contributed by atoms with van der Waals surface area (Å²) in [6, 6.07) is 1.07. The second-order valence-electron chi connectivity index (χ2n) is 3.00. The lowest BCUT2D eigenvalue weighted by molar-refractivity contribution is -0.276. The number of ether oxygens (including phenoxy) is 1. The number of carbonyl (C=O) groups is 1. The summed E-state index contributed by atoms with van der Waals surface area (Å²) in [5, 5.41) is 0. The van der Waals surface area contributed by atoms with Gasteiger partial charge in [0.25, 0.3) is 0 Å². The smallest absolute Gasteiger partial charge is 0.388 e. The monoisotopic (exact) mass is 234 g/mol. The van der Waals surface area contributed by atoms with E-state index in [9.17, 15) is 18.0 Å². The van der Waals surface area contributed by atoms with Crippen molar-refractivity contribution in [3.8, 4) is 5.88 Å². The third-order valence-corrected chi connectivity index (χ3v) is 1.95. The predicted molar refractivity (Wildman–Crippen MR) is 48.9 cm³/mol. The number of pyridine rings is 1. The van der Waals surface area contributed by atoms with Gasteiger partial charge >= 0.3 is 6.36 Å². The summed E-state index contributed by atoms with van der Waals surface area (Å²) < 4.78 is 39.4. The number of hydrogen-bond acceptors (Lipinski definition) is 4. The minimum atomic E-state index is -4.84. The number of aromatic nitrogens is 1. The summed E-state index contributed by atoms with van der Waals surface area (Å²) in [5.41, 5.74) is 6.05. The van der Waals surface area contributed by atoms with Gasteiger partial charge in [0.1, 0.15) is 5.69 Å². The molecule has 0 saturated carbocycles. The van der Waals surface area contributed by atoms with Crippen LogP contribution in [0, 0.1) is 6.92 Å². The molecule has 0 atom stereocenters. The number of rotatable bonds is 3. The average Bonchev–Trinajstić information content (AvgIpc) is 2.18. The van der Waals surface area contributed by atoms with E-state index in [1.165, 1.54) is 0 Å². The molecule has 2 N–H and O–H groups in total. The minimum Gasteiger partial charge on any atom is -0.388 e. The van der Waals surface area contributed by atoms with E-state index in [0.29, 0.717) is 17.4 Å². The Morgan fingerprint density at radius 1 is 1.56 bits per heavy atom. The lowest BCUT2D eigenvalue weighted by Crippen LogP contribution is -2.19. The van der Waals surface area contributed by atoms with Gasteiger partial charge in [0.05, 0.1) is 0 Å². The fraction of sp³-hybridized carbons (Fsp3) is 0.333. The number of halogens is 3. The van der Waals surface area contributed by atoms with Gasteiger partial charge in [-0.25, -0.2) is 4.98 Å². The van der Waals surface area contributed by atoms with Gasteiger partial charge in [0, 0.05) is 12.6 Å². The Morgan fingerprint density at radius 3 is 2.62 bits per heavy atom. The highest BCUT2D eigenvalue weighted by atomic mass is 19.4. The first-order valence-corrected chi connectivity index (χ1v) is 4.29. The number of carbonyl (C=O) groups excluding carboxylic acids is 1. The van der Waals surface area contributed by atoms with Crippen LogP contribution >= 0.6 is 0 Å². The topological polar surface area (TPSA) is 65.2 Å². The Labute approximate surface area is 89.2 Å². The molecule has 0 aliphatic carbocycles. The molecule has 1 aromatic rings. The molecule has 1 rings (SSSR count). The van der Waals surface area contributed by atoms with Crippen molar-refractivity contribution in [2.75, 3.05) is 0 Å². The van der Waals surface area contributed by atoms with Crippen molar-refractivity contribution in [2.24, 2.45) is 5.73 Å². The van der Waals surface area contributed by atoms with Crippen LogP contribution in [-0.4, -0.2) is 17.6 Å². The van der Waals surface area contributed by atoms with E-state index >= 15 is 0 Å². The molecular formula is C9H9F3N2O2. The van der Waals surface area contributed by atoms with Gasteiger partial charge in [-0.1, -0.05) is 0 Å². The third-order valence-electron chi connectivity index (χ3n) is 1.95. The first-order chi connectivity index (χ1) is 7.37.